The molecular weight excluding hydrogens is 531 g/mol. The number of aryl methyl sites for hydroxylation is 1. The first-order chi connectivity index (χ1) is 19.0. The van der Waals surface area contributed by atoms with E-state index in [0.29, 0.717) is 33.7 Å². The van der Waals surface area contributed by atoms with E-state index in [1.165, 1.54) is 23.9 Å². The summed E-state index contributed by atoms with van der Waals surface area (Å²) in [5, 5.41) is 13.6. The Balaban J connectivity index is 1.57. The lowest BCUT2D eigenvalue weighted by Crippen LogP contribution is -2.32. The van der Waals surface area contributed by atoms with Gasteiger partial charge in [0.25, 0.3) is 5.91 Å². The predicted octanol–water partition coefficient (Wildman–Crippen LogP) is 7.37. The summed E-state index contributed by atoms with van der Waals surface area (Å²) < 4.78 is 15.4. The highest BCUT2D eigenvalue weighted by Gasteiger charge is 2.26. The molecule has 5 aromatic rings. The van der Waals surface area contributed by atoms with Crippen LogP contribution in [0.2, 0.25) is 5.02 Å². The maximum atomic E-state index is 13.4. The van der Waals surface area contributed by atoms with Crippen LogP contribution in [0.5, 0.6) is 0 Å². The van der Waals surface area contributed by atoms with Crippen molar-refractivity contribution in [2.75, 3.05) is 0 Å². The Hall–Kier alpha value is -3.94. The summed E-state index contributed by atoms with van der Waals surface area (Å²) in [7, 11) is 0. The number of hydrogen-bond donors (Lipinski definition) is 1. The van der Waals surface area contributed by atoms with Crippen molar-refractivity contribution >= 4 is 29.3 Å². The summed E-state index contributed by atoms with van der Waals surface area (Å²) in [6.07, 6.45) is 0.514. The largest absolute Gasteiger partial charge is 0.342 e. The number of aromatic nitrogens is 3. The van der Waals surface area contributed by atoms with Gasteiger partial charge in [-0.3, -0.25) is 9.36 Å². The van der Waals surface area contributed by atoms with Crippen molar-refractivity contribution in [3.05, 3.63) is 142 Å². The molecule has 0 spiro atoms. The van der Waals surface area contributed by atoms with E-state index < -0.39 is 6.04 Å². The number of carbonyl (C=O) groups is 1. The third-order valence-electron chi connectivity index (χ3n) is 6.29. The molecule has 0 bridgehead atoms. The molecule has 39 heavy (non-hydrogen) atoms. The highest BCUT2D eigenvalue weighted by atomic mass is 35.5. The number of carbonyl (C=O) groups excluding carboxylic acids is 1. The summed E-state index contributed by atoms with van der Waals surface area (Å²) in [5.41, 5.74) is 4.38. The van der Waals surface area contributed by atoms with E-state index in [0.717, 1.165) is 22.4 Å². The van der Waals surface area contributed by atoms with Crippen molar-refractivity contribution < 1.29 is 9.18 Å². The average Bonchev–Trinajstić information content (AvgIpc) is 3.38. The third-order valence-corrected chi connectivity index (χ3v) is 7.52. The van der Waals surface area contributed by atoms with Crippen LogP contribution in [0.15, 0.2) is 108 Å². The minimum Gasteiger partial charge on any atom is -0.342 e. The number of amides is 1. The van der Waals surface area contributed by atoms with Crippen molar-refractivity contribution in [3.63, 3.8) is 0 Å². The molecule has 5 nitrogen and oxygen atoms in total. The van der Waals surface area contributed by atoms with E-state index in [4.69, 9.17) is 11.6 Å². The molecule has 8 heteroatoms. The molecule has 0 aliphatic rings. The molecular formula is C31H26ClFN4OS. The summed E-state index contributed by atoms with van der Waals surface area (Å²) in [4.78, 5) is 13.3. The Morgan fingerprint density at radius 1 is 0.923 bits per heavy atom. The molecule has 1 N–H and O–H groups in total. The third kappa shape index (κ3) is 6.56. The first-order valence-corrected chi connectivity index (χ1v) is 13.8. The first-order valence-electron chi connectivity index (χ1n) is 12.5. The predicted molar refractivity (Wildman–Crippen MR) is 154 cm³/mol. The van der Waals surface area contributed by atoms with Gasteiger partial charge in [0, 0.05) is 16.3 Å². The Bertz CT molecular complexity index is 1560. The highest BCUT2D eigenvalue weighted by Crippen LogP contribution is 2.31. The van der Waals surface area contributed by atoms with Gasteiger partial charge in [0.1, 0.15) is 5.82 Å². The van der Waals surface area contributed by atoms with E-state index >= 15 is 0 Å². The van der Waals surface area contributed by atoms with Gasteiger partial charge in [0.15, 0.2) is 11.0 Å². The van der Waals surface area contributed by atoms with Crippen molar-refractivity contribution in [2.45, 2.75) is 30.3 Å². The van der Waals surface area contributed by atoms with Gasteiger partial charge in [-0.15, -0.1) is 10.2 Å². The topological polar surface area (TPSA) is 59.8 Å². The number of rotatable bonds is 9. The fourth-order valence-electron chi connectivity index (χ4n) is 4.27. The number of nitrogens with zero attached hydrogens (tertiary/aromatic N) is 3. The average molecular weight is 557 g/mol. The normalized spacial score (nSPS) is 11.8. The molecule has 0 aliphatic carbocycles. The highest BCUT2D eigenvalue weighted by molar-refractivity contribution is 7.98. The molecule has 0 saturated heterocycles. The summed E-state index contributed by atoms with van der Waals surface area (Å²) in [6, 6.07) is 30.7. The molecule has 4 aromatic carbocycles. The number of nitrogens with one attached hydrogen (secondary N) is 1. The first kappa shape index (κ1) is 26.7. The second-order valence-corrected chi connectivity index (χ2v) is 10.5. The van der Waals surface area contributed by atoms with Gasteiger partial charge in [-0.25, -0.2) is 4.39 Å². The van der Waals surface area contributed by atoms with Gasteiger partial charge in [0.05, 0.1) is 11.7 Å². The van der Waals surface area contributed by atoms with Gasteiger partial charge in [-0.05, 0) is 66.4 Å². The lowest BCUT2D eigenvalue weighted by molar-refractivity contribution is 0.0934. The van der Waals surface area contributed by atoms with Gasteiger partial charge < -0.3 is 5.32 Å². The molecule has 0 radical (unpaired) electrons. The molecule has 5 rings (SSSR count). The Morgan fingerprint density at radius 3 is 2.33 bits per heavy atom. The molecule has 1 unspecified atom stereocenters. The molecule has 1 heterocycles. The van der Waals surface area contributed by atoms with Crippen LogP contribution in [0, 0.1) is 12.7 Å². The Kier molecular flexibility index (Phi) is 8.39. The van der Waals surface area contributed by atoms with E-state index in [1.807, 2.05) is 78.2 Å². The second-order valence-electron chi connectivity index (χ2n) is 9.10. The number of halogens is 2. The van der Waals surface area contributed by atoms with Crippen LogP contribution >= 0.6 is 23.4 Å². The van der Waals surface area contributed by atoms with Crippen LogP contribution in [-0.2, 0) is 12.2 Å². The number of benzene rings is 4. The van der Waals surface area contributed by atoms with Crippen molar-refractivity contribution in [3.8, 4) is 5.69 Å². The SMILES string of the molecule is Cc1ccc(Cl)cc1-n1c(SCc2ccc(F)cc2)nnc1C(Cc1ccccc1)NC(=O)c1ccccc1. The maximum Gasteiger partial charge on any atom is 0.251 e. The van der Waals surface area contributed by atoms with Crippen molar-refractivity contribution in [1.29, 1.82) is 0 Å². The van der Waals surface area contributed by atoms with Crippen LogP contribution in [0.1, 0.15) is 38.9 Å². The van der Waals surface area contributed by atoms with Crippen LogP contribution in [0.4, 0.5) is 4.39 Å². The molecule has 1 amide bonds. The van der Waals surface area contributed by atoms with Gasteiger partial charge in [-0.1, -0.05) is 90.1 Å². The molecule has 0 aliphatic heterocycles. The minimum absolute atomic E-state index is 0.200. The zero-order chi connectivity index (χ0) is 27.2. The zero-order valence-corrected chi connectivity index (χ0v) is 22.8. The Labute approximate surface area is 236 Å². The molecule has 196 valence electrons. The smallest absolute Gasteiger partial charge is 0.251 e. The standard InChI is InChI=1S/C31H26ClFN4OS/c1-21-12-15-25(32)19-28(21)37-29(35-36-31(37)39-20-23-13-16-26(33)17-14-23)27(18-22-8-4-2-5-9-22)34-30(38)24-10-6-3-7-11-24/h2-17,19,27H,18,20H2,1H3,(H,34,38). The fourth-order valence-corrected chi connectivity index (χ4v) is 5.34. The van der Waals surface area contributed by atoms with E-state index in [1.54, 1.807) is 24.3 Å². The minimum atomic E-state index is -0.480. The Morgan fingerprint density at radius 2 is 1.62 bits per heavy atom. The van der Waals surface area contributed by atoms with Crippen molar-refractivity contribution in [1.82, 2.24) is 20.1 Å². The van der Waals surface area contributed by atoms with Gasteiger partial charge in [-0.2, -0.15) is 0 Å². The molecule has 0 saturated carbocycles. The second kappa shape index (κ2) is 12.3. The number of thioether (sulfide) groups is 1. The molecule has 1 atom stereocenters. The van der Waals surface area contributed by atoms with Gasteiger partial charge >= 0.3 is 0 Å². The number of hydrogen-bond acceptors (Lipinski definition) is 4. The van der Waals surface area contributed by atoms with E-state index in [-0.39, 0.29) is 11.7 Å². The fraction of sp³-hybridized carbons (Fsp3) is 0.129. The molecule has 0 fully saturated rings. The summed E-state index contributed by atoms with van der Waals surface area (Å²) in [6.45, 7) is 2.00. The van der Waals surface area contributed by atoms with Crippen LogP contribution in [-0.4, -0.2) is 20.7 Å². The van der Waals surface area contributed by atoms with Crippen molar-refractivity contribution in [2.24, 2.45) is 0 Å². The van der Waals surface area contributed by atoms with Crippen LogP contribution in [0.3, 0.4) is 0 Å². The lowest BCUT2D eigenvalue weighted by Gasteiger charge is -2.21. The van der Waals surface area contributed by atoms with E-state index in [9.17, 15) is 9.18 Å². The van der Waals surface area contributed by atoms with Crippen LogP contribution in [0.25, 0.3) is 5.69 Å². The quantitative estimate of drug-likeness (QED) is 0.192. The van der Waals surface area contributed by atoms with E-state index in [2.05, 4.69) is 15.5 Å². The maximum absolute atomic E-state index is 13.4. The zero-order valence-electron chi connectivity index (χ0n) is 21.2. The summed E-state index contributed by atoms with van der Waals surface area (Å²) in [5.74, 6) is 0.684. The monoisotopic (exact) mass is 556 g/mol. The lowest BCUT2D eigenvalue weighted by atomic mass is 10.0. The molecule has 1 aromatic heterocycles. The van der Waals surface area contributed by atoms with Gasteiger partial charge in [0.2, 0.25) is 0 Å². The summed E-state index contributed by atoms with van der Waals surface area (Å²) >= 11 is 7.92. The van der Waals surface area contributed by atoms with Crippen LogP contribution < -0.4 is 5.32 Å².